The SMILES string of the molecule is CCC(Br)C(=O)c1ccc2c(c1)NC(=O)CO2. The van der Waals surface area contributed by atoms with Gasteiger partial charge in [-0.05, 0) is 24.6 Å². The number of Topliss-reactive ketones (excluding diaryl/α,β-unsaturated/α-hetero) is 1. The largest absolute Gasteiger partial charge is 0.482 e. The smallest absolute Gasteiger partial charge is 0.262 e. The minimum atomic E-state index is -0.201. The lowest BCUT2D eigenvalue weighted by atomic mass is 10.1. The van der Waals surface area contributed by atoms with Crippen LogP contribution in [-0.2, 0) is 4.79 Å². The molecule has 1 aliphatic heterocycles. The highest BCUT2D eigenvalue weighted by molar-refractivity contribution is 9.10. The Hall–Kier alpha value is -1.36. The number of fused-ring (bicyclic) bond motifs is 1. The third-order valence-corrected chi connectivity index (χ3v) is 3.60. The maximum atomic E-state index is 11.9. The summed E-state index contributed by atoms with van der Waals surface area (Å²) >= 11 is 3.32. The van der Waals surface area contributed by atoms with E-state index in [2.05, 4.69) is 21.2 Å². The molecule has 5 heteroatoms. The highest BCUT2D eigenvalue weighted by Crippen LogP contribution is 2.29. The van der Waals surface area contributed by atoms with Gasteiger partial charge in [0.1, 0.15) is 5.75 Å². The zero-order chi connectivity index (χ0) is 12.4. The second-order valence-electron chi connectivity index (χ2n) is 3.79. The number of carbonyl (C=O) groups is 2. The van der Waals surface area contributed by atoms with Crippen molar-refractivity contribution >= 4 is 33.3 Å². The summed E-state index contributed by atoms with van der Waals surface area (Å²) in [6.07, 6.45) is 0.721. The third-order valence-electron chi connectivity index (χ3n) is 2.54. The lowest BCUT2D eigenvalue weighted by molar-refractivity contribution is -0.118. The molecule has 0 spiro atoms. The van der Waals surface area contributed by atoms with Gasteiger partial charge in [0.25, 0.3) is 5.91 Å². The number of amides is 1. The monoisotopic (exact) mass is 297 g/mol. The van der Waals surface area contributed by atoms with E-state index in [1.165, 1.54) is 0 Å². The molecule has 17 heavy (non-hydrogen) atoms. The van der Waals surface area contributed by atoms with Crippen LogP contribution in [0.1, 0.15) is 23.7 Å². The fraction of sp³-hybridized carbons (Fsp3) is 0.333. The predicted octanol–water partition coefficient (Wildman–Crippen LogP) is 2.37. The van der Waals surface area contributed by atoms with E-state index < -0.39 is 0 Å². The van der Waals surface area contributed by atoms with Gasteiger partial charge in [-0.2, -0.15) is 0 Å². The Morgan fingerprint density at radius 1 is 1.59 bits per heavy atom. The fourth-order valence-corrected chi connectivity index (χ4v) is 1.87. The van der Waals surface area contributed by atoms with Gasteiger partial charge in [-0.1, -0.05) is 22.9 Å². The van der Waals surface area contributed by atoms with Crippen LogP contribution in [0, 0.1) is 0 Å². The molecule has 2 rings (SSSR count). The van der Waals surface area contributed by atoms with Crippen molar-refractivity contribution in [2.45, 2.75) is 18.2 Å². The molecule has 1 amide bonds. The number of rotatable bonds is 3. The molecule has 0 fully saturated rings. The van der Waals surface area contributed by atoms with Crippen LogP contribution in [-0.4, -0.2) is 23.1 Å². The summed E-state index contributed by atoms with van der Waals surface area (Å²) in [5, 5.41) is 2.68. The van der Waals surface area contributed by atoms with E-state index in [0.717, 1.165) is 6.42 Å². The fourth-order valence-electron chi connectivity index (χ4n) is 1.60. The minimum Gasteiger partial charge on any atom is -0.482 e. The molecule has 0 saturated carbocycles. The van der Waals surface area contributed by atoms with Crippen molar-refractivity contribution in [3.63, 3.8) is 0 Å². The number of ether oxygens (including phenoxy) is 1. The quantitative estimate of drug-likeness (QED) is 0.688. The zero-order valence-corrected chi connectivity index (χ0v) is 10.9. The van der Waals surface area contributed by atoms with E-state index in [4.69, 9.17) is 4.74 Å². The molecule has 1 aliphatic rings. The number of hydrogen-bond acceptors (Lipinski definition) is 3. The maximum Gasteiger partial charge on any atom is 0.262 e. The lowest BCUT2D eigenvalue weighted by Crippen LogP contribution is -2.25. The van der Waals surface area contributed by atoms with Gasteiger partial charge in [-0.25, -0.2) is 0 Å². The van der Waals surface area contributed by atoms with Crippen LogP contribution in [0.4, 0.5) is 5.69 Å². The number of alkyl halides is 1. The predicted molar refractivity (Wildman–Crippen MR) is 67.9 cm³/mol. The van der Waals surface area contributed by atoms with Crippen LogP contribution >= 0.6 is 15.9 Å². The number of nitrogens with one attached hydrogen (secondary N) is 1. The van der Waals surface area contributed by atoms with Crippen molar-refractivity contribution in [3.8, 4) is 5.75 Å². The molecule has 1 N–H and O–H groups in total. The van der Waals surface area contributed by atoms with Crippen LogP contribution in [0.3, 0.4) is 0 Å². The van der Waals surface area contributed by atoms with Gasteiger partial charge < -0.3 is 10.1 Å². The molecule has 1 aromatic carbocycles. The Bertz CT molecular complexity index is 473. The van der Waals surface area contributed by atoms with Gasteiger partial charge in [0.2, 0.25) is 0 Å². The van der Waals surface area contributed by atoms with Crippen molar-refractivity contribution < 1.29 is 14.3 Å². The van der Waals surface area contributed by atoms with E-state index in [-0.39, 0.29) is 23.1 Å². The first kappa shape index (κ1) is 12.1. The van der Waals surface area contributed by atoms with Gasteiger partial charge in [0.15, 0.2) is 12.4 Å². The normalized spacial score (nSPS) is 15.5. The number of carbonyl (C=O) groups excluding carboxylic acids is 2. The molecule has 1 aromatic rings. The lowest BCUT2D eigenvalue weighted by Gasteiger charge is -2.18. The Morgan fingerprint density at radius 2 is 2.35 bits per heavy atom. The van der Waals surface area contributed by atoms with Gasteiger partial charge in [0, 0.05) is 5.56 Å². The topological polar surface area (TPSA) is 55.4 Å². The first-order valence-corrected chi connectivity index (χ1v) is 6.28. The summed E-state index contributed by atoms with van der Waals surface area (Å²) < 4.78 is 5.22. The van der Waals surface area contributed by atoms with E-state index >= 15 is 0 Å². The number of benzene rings is 1. The highest BCUT2D eigenvalue weighted by atomic mass is 79.9. The van der Waals surface area contributed by atoms with Crippen molar-refractivity contribution in [3.05, 3.63) is 23.8 Å². The van der Waals surface area contributed by atoms with Crippen molar-refractivity contribution in [1.82, 2.24) is 0 Å². The molecule has 0 saturated heterocycles. The Balaban J connectivity index is 2.30. The third kappa shape index (κ3) is 2.49. The van der Waals surface area contributed by atoms with E-state index in [1.54, 1.807) is 18.2 Å². The molecule has 1 heterocycles. The van der Waals surface area contributed by atoms with Crippen LogP contribution < -0.4 is 10.1 Å². The summed E-state index contributed by atoms with van der Waals surface area (Å²) in [6.45, 7) is 1.96. The highest BCUT2D eigenvalue weighted by Gasteiger charge is 2.20. The molecule has 0 bridgehead atoms. The Morgan fingerprint density at radius 3 is 3.06 bits per heavy atom. The molecular weight excluding hydrogens is 286 g/mol. The summed E-state index contributed by atoms with van der Waals surface area (Å²) in [4.78, 5) is 22.9. The second-order valence-corrected chi connectivity index (χ2v) is 4.89. The molecule has 0 aromatic heterocycles. The van der Waals surface area contributed by atoms with Crippen molar-refractivity contribution in [2.75, 3.05) is 11.9 Å². The van der Waals surface area contributed by atoms with Crippen LogP contribution in [0.15, 0.2) is 18.2 Å². The number of anilines is 1. The van der Waals surface area contributed by atoms with Gasteiger partial charge in [-0.15, -0.1) is 0 Å². The standard InChI is InChI=1S/C12H12BrNO3/c1-2-8(13)12(16)7-3-4-10-9(5-7)14-11(15)6-17-10/h3-5,8H,2,6H2,1H3,(H,14,15). The van der Waals surface area contributed by atoms with Crippen molar-refractivity contribution in [1.29, 1.82) is 0 Å². The second kappa shape index (κ2) is 4.87. The molecule has 1 unspecified atom stereocenters. The molecule has 0 radical (unpaired) electrons. The molecule has 90 valence electrons. The summed E-state index contributed by atoms with van der Waals surface area (Å²) in [7, 11) is 0. The average Bonchev–Trinajstić information content (AvgIpc) is 2.36. The number of halogens is 1. The first-order valence-electron chi connectivity index (χ1n) is 5.36. The van der Waals surface area contributed by atoms with Crippen LogP contribution in [0.25, 0.3) is 0 Å². The number of ketones is 1. The Kier molecular flexibility index (Phi) is 3.47. The Labute approximate surface area is 107 Å². The summed E-state index contributed by atoms with van der Waals surface area (Å²) in [5.41, 5.74) is 1.13. The van der Waals surface area contributed by atoms with E-state index in [9.17, 15) is 9.59 Å². The summed E-state index contributed by atoms with van der Waals surface area (Å²) in [6, 6.07) is 5.07. The zero-order valence-electron chi connectivity index (χ0n) is 9.33. The molecule has 0 aliphatic carbocycles. The first-order chi connectivity index (χ1) is 8.11. The van der Waals surface area contributed by atoms with E-state index in [1.807, 2.05) is 6.92 Å². The van der Waals surface area contributed by atoms with Gasteiger partial charge in [0.05, 0.1) is 10.5 Å². The molecule has 4 nitrogen and oxygen atoms in total. The van der Waals surface area contributed by atoms with Gasteiger partial charge >= 0.3 is 0 Å². The van der Waals surface area contributed by atoms with Crippen LogP contribution in [0.5, 0.6) is 5.75 Å². The molecular formula is C12H12BrNO3. The van der Waals surface area contributed by atoms with Crippen molar-refractivity contribution in [2.24, 2.45) is 0 Å². The minimum absolute atomic E-state index is 0.00937. The van der Waals surface area contributed by atoms with Gasteiger partial charge in [-0.3, -0.25) is 9.59 Å². The maximum absolute atomic E-state index is 11.9. The van der Waals surface area contributed by atoms with Crippen LogP contribution in [0.2, 0.25) is 0 Å². The van der Waals surface area contributed by atoms with E-state index in [0.29, 0.717) is 17.0 Å². The average molecular weight is 298 g/mol. The summed E-state index contributed by atoms with van der Waals surface area (Å²) in [5.74, 6) is 0.409. The molecule has 1 atom stereocenters. The number of hydrogen-bond donors (Lipinski definition) is 1.